The zero-order valence-electron chi connectivity index (χ0n) is 6.95. The molecule has 0 aromatic rings. The number of carbonyl (C=O) groups excluding carboxylic acids is 1. The van der Waals surface area contributed by atoms with Crippen LogP contribution in [0.2, 0.25) is 0 Å². The summed E-state index contributed by atoms with van der Waals surface area (Å²) in [7, 11) is 0. The van der Waals surface area contributed by atoms with Crippen LogP contribution < -0.4 is 0 Å². The third kappa shape index (κ3) is 2.25. The molecule has 0 aromatic carbocycles. The summed E-state index contributed by atoms with van der Waals surface area (Å²) >= 11 is 4.19. The van der Waals surface area contributed by atoms with Crippen molar-refractivity contribution in [3.63, 3.8) is 0 Å². The van der Waals surface area contributed by atoms with Crippen molar-refractivity contribution in [3.05, 3.63) is 11.6 Å². The fourth-order valence-corrected chi connectivity index (χ4v) is 1.30. The smallest absolute Gasteiger partial charge is 0.334 e. The average molecular weight is 188 g/mol. The Balaban J connectivity index is 2.59. The molecule has 1 heterocycles. The van der Waals surface area contributed by atoms with E-state index >= 15 is 0 Å². The van der Waals surface area contributed by atoms with Gasteiger partial charge in [0, 0.05) is 0 Å². The molecule has 4 heteroatoms. The van der Waals surface area contributed by atoms with Crippen molar-refractivity contribution in [2.24, 2.45) is 0 Å². The SMILES string of the molecule is CCOC(=O)C1=CCOC[C@H]1S. The molecule has 0 N–H and O–H groups in total. The van der Waals surface area contributed by atoms with Crippen molar-refractivity contribution in [2.45, 2.75) is 12.2 Å². The van der Waals surface area contributed by atoms with Crippen molar-refractivity contribution in [1.29, 1.82) is 0 Å². The van der Waals surface area contributed by atoms with E-state index in [2.05, 4.69) is 12.6 Å². The van der Waals surface area contributed by atoms with Crippen molar-refractivity contribution < 1.29 is 14.3 Å². The summed E-state index contributed by atoms with van der Waals surface area (Å²) in [6, 6.07) is 0. The molecule has 0 radical (unpaired) electrons. The minimum Gasteiger partial charge on any atom is -0.463 e. The first-order valence-corrected chi connectivity index (χ1v) is 4.40. The van der Waals surface area contributed by atoms with Gasteiger partial charge in [-0.15, -0.1) is 0 Å². The van der Waals surface area contributed by atoms with Gasteiger partial charge in [-0.25, -0.2) is 4.79 Å². The first kappa shape index (κ1) is 9.61. The second-order valence-corrected chi connectivity index (χ2v) is 3.06. The predicted octanol–water partition coefficient (Wildman–Crippen LogP) is 0.804. The van der Waals surface area contributed by atoms with Gasteiger partial charge in [0.15, 0.2) is 0 Å². The van der Waals surface area contributed by atoms with Gasteiger partial charge < -0.3 is 9.47 Å². The van der Waals surface area contributed by atoms with E-state index in [0.717, 1.165) is 0 Å². The van der Waals surface area contributed by atoms with Crippen molar-refractivity contribution in [1.82, 2.24) is 0 Å². The molecule has 0 bridgehead atoms. The minimum atomic E-state index is -0.277. The molecule has 0 fully saturated rings. The molecule has 0 saturated carbocycles. The second kappa shape index (κ2) is 4.52. The first-order valence-electron chi connectivity index (χ1n) is 3.88. The maximum Gasteiger partial charge on any atom is 0.334 e. The van der Waals surface area contributed by atoms with Crippen LogP contribution in [0.15, 0.2) is 11.6 Å². The predicted molar refractivity (Wildman–Crippen MR) is 48.3 cm³/mol. The third-order valence-corrected chi connectivity index (χ3v) is 1.99. The summed E-state index contributed by atoms with van der Waals surface area (Å²) in [5.74, 6) is -0.277. The van der Waals surface area contributed by atoms with E-state index in [-0.39, 0.29) is 11.2 Å². The van der Waals surface area contributed by atoms with Gasteiger partial charge in [0.05, 0.1) is 30.6 Å². The number of carbonyl (C=O) groups is 1. The van der Waals surface area contributed by atoms with Crippen LogP contribution in [0.4, 0.5) is 0 Å². The van der Waals surface area contributed by atoms with Crippen LogP contribution in [0.25, 0.3) is 0 Å². The largest absolute Gasteiger partial charge is 0.463 e. The Morgan fingerprint density at radius 1 is 1.92 bits per heavy atom. The summed E-state index contributed by atoms with van der Waals surface area (Å²) in [5, 5.41) is -0.141. The van der Waals surface area contributed by atoms with Crippen LogP contribution in [-0.4, -0.2) is 31.0 Å². The fraction of sp³-hybridized carbons (Fsp3) is 0.625. The van der Waals surface area contributed by atoms with E-state index in [4.69, 9.17) is 9.47 Å². The van der Waals surface area contributed by atoms with Crippen LogP contribution >= 0.6 is 12.6 Å². The van der Waals surface area contributed by atoms with Gasteiger partial charge in [-0.05, 0) is 13.0 Å². The van der Waals surface area contributed by atoms with E-state index < -0.39 is 0 Å². The highest BCUT2D eigenvalue weighted by Gasteiger charge is 2.21. The second-order valence-electron chi connectivity index (χ2n) is 2.43. The van der Waals surface area contributed by atoms with Gasteiger partial charge in [0.25, 0.3) is 0 Å². The molecule has 1 aliphatic heterocycles. The molecule has 0 amide bonds. The zero-order valence-corrected chi connectivity index (χ0v) is 7.84. The molecular weight excluding hydrogens is 176 g/mol. The van der Waals surface area contributed by atoms with Crippen molar-refractivity contribution in [2.75, 3.05) is 19.8 Å². The number of hydrogen-bond acceptors (Lipinski definition) is 4. The van der Waals surface area contributed by atoms with Gasteiger partial charge in [-0.3, -0.25) is 0 Å². The van der Waals surface area contributed by atoms with Crippen LogP contribution in [0.3, 0.4) is 0 Å². The Morgan fingerprint density at radius 3 is 3.25 bits per heavy atom. The minimum absolute atomic E-state index is 0.141. The van der Waals surface area contributed by atoms with Gasteiger partial charge in [0.1, 0.15) is 0 Å². The van der Waals surface area contributed by atoms with E-state index in [1.807, 2.05) is 0 Å². The van der Waals surface area contributed by atoms with Crippen LogP contribution in [-0.2, 0) is 14.3 Å². The van der Waals surface area contributed by atoms with Crippen molar-refractivity contribution in [3.8, 4) is 0 Å². The molecule has 0 aromatic heterocycles. The molecular formula is C8H12O3S. The summed E-state index contributed by atoms with van der Waals surface area (Å²) in [6.45, 7) is 3.14. The maximum absolute atomic E-state index is 11.2. The highest BCUT2D eigenvalue weighted by Crippen LogP contribution is 2.15. The average Bonchev–Trinajstić information content (AvgIpc) is 2.05. The molecule has 68 valence electrons. The zero-order chi connectivity index (χ0) is 8.97. The van der Waals surface area contributed by atoms with Gasteiger partial charge in [-0.1, -0.05) is 0 Å². The Bertz CT molecular complexity index is 200. The van der Waals surface area contributed by atoms with E-state index in [1.165, 1.54) is 0 Å². The lowest BCUT2D eigenvalue weighted by atomic mass is 10.1. The topological polar surface area (TPSA) is 35.5 Å². The maximum atomic E-state index is 11.2. The Labute approximate surface area is 77.1 Å². The Kier molecular flexibility index (Phi) is 3.62. The van der Waals surface area contributed by atoms with Gasteiger partial charge >= 0.3 is 5.97 Å². The third-order valence-electron chi connectivity index (χ3n) is 1.57. The number of rotatable bonds is 2. The standard InChI is InChI=1S/C8H12O3S/c1-2-11-8(9)6-3-4-10-5-7(6)12/h3,7,12H,2,4-5H2,1H3/t7-/m1/s1. The van der Waals surface area contributed by atoms with Crippen LogP contribution in [0, 0.1) is 0 Å². The Morgan fingerprint density at radius 2 is 2.67 bits per heavy atom. The molecule has 0 unspecified atom stereocenters. The Hall–Kier alpha value is -0.480. The molecule has 0 spiro atoms. The number of thiol groups is 1. The summed E-state index contributed by atoms with van der Waals surface area (Å²) in [4.78, 5) is 11.2. The molecule has 1 rings (SSSR count). The molecule has 3 nitrogen and oxygen atoms in total. The normalized spacial score (nSPS) is 23.2. The first-order chi connectivity index (χ1) is 5.75. The van der Waals surface area contributed by atoms with Crippen LogP contribution in [0.5, 0.6) is 0 Å². The molecule has 1 atom stereocenters. The van der Waals surface area contributed by atoms with Gasteiger partial charge in [-0.2, -0.15) is 12.6 Å². The molecule has 0 aliphatic carbocycles. The summed E-state index contributed by atoms with van der Waals surface area (Å²) in [6.07, 6.45) is 1.72. The lowest BCUT2D eigenvalue weighted by Crippen LogP contribution is -2.25. The van der Waals surface area contributed by atoms with E-state index in [1.54, 1.807) is 13.0 Å². The summed E-state index contributed by atoms with van der Waals surface area (Å²) in [5.41, 5.74) is 0.617. The highest BCUT2D eigenvalue weighted by molar-refractivity contribution is 7.81. The number of ether oxygens (including phenoxy) is 2. The van der Waals surface area contributed by atoms with Crippen LogP contribution in [0.1, 0.15) is 6.92 Å². The lowest BCUT2D eigenvalue weighted by Gasteiger charge is -2.18. The number of esters is 1. The fourth-order valence-electron chi connectivity index (χ4n) is 0.988. The van der Waals surface area contributed by atoms with E-state index in [0.29, 0.717) is 25.4 Å². The van der Waals surface area contributed by atoms with E-state index in [9.17, 15) is 4.79 Å². The monoisotopic (exact) mass is 188 g/mol. The quantitative estimate of drug-likeness (QED) is 0.514. The van der Waals surface area contributed by atoms with Crippen molar-refractivity contribution >= 4 is 18.6 Å². The molecule has 12 heavy (non-hydrogen) atoms. The highest BCUT2D eigenvalue weighted by atomic mass is 32.1. The molecule has 1 aliphatic rings. The number of hydrogen-bond donors (Lipinski definition) is 1. The summed E-state index contributed by atoms with van der Waals surface area (Å²) < 4.78 is 9.92. The molecule has 0 saturated heterocycles. The van der Waals surface area contributed by atoms with Gasteiger partial charge in [0.2, 0.25) is 0 Å². The lowest BCUT2D eigenvalue weighted by molar-refractivity contribution is -0.138.